The molecule has 0 saturated heterocycles. The van der Waals surface area contributed by atoms with Gasteiger partial charge in [-0.3, -0.25) is 0 Å². The number of nitrogens with two attached hydrogens (primary N) is 1. The van der Waals surface area contributed by atoms with Gasteiger partial charge in [-0.2, -0.15) is 0 Å². The molecular formula is C12H18N2O2S. The molecule has 3 N–H and O–H groups in total. The molecule has 2 rings (SSSR count). The second-order valence-electron chi connectivity index (χ2n) is 4.82. The van der Waals surface area contributed by atoms with Crippen LogP contribution in [0.2, 0.25) is 0 Å². The first-order valence-electron chi connectivity index (χ1n) is 5.73. The van der Waals surface area contributed by atoms with Crippen LogP contribution < -0.4 is 10.5 Å². The zero-order chi connectivity index (χ0) is 12.6. The van der Waals surface area contributed by atoms with E-state index in [1.807, 2.05) is 19.1 Å². The van der Waals surface area contributed by atoms with Crippen molar-refractivity contribution in [2.45, 2.75) is 43.7 Å². The summed E-state index contributed by atoms with van der Waals surface area (Å²) in [5.41, 5.74) is 7.36. The molecule has 1 aromatic carbocycles. The van der Waals surface area contributed by atoms with Crippen molar-refractivity contribution in [3.05, 3.63) is 29.3 Å². The highest BCUT2D eigenvalue weighted by Crippen LogP contribution is 2.22. The second-order valence-corrected chi connectivity index (χ2v) is 6.50. The fourth-order valence-electron chi connectivity index (χ4n) is 2.04. The molecule has 0 aliphatic heterocycles. The van der Waals surface area contributed by atoms with Gasteiger partial charge in [0.05, 0.1) is 4.90 Å². The molecule has 94 valence electrons. The molecule has 0 aromatic heterocycles. The van der Waals surface area contributed by atoms with Gasteiger partial charge in [-0.25, -0.2) is 13.1 Å². The quantitative estimate of drug-likeness (QED) is 0.847. The fraction of sp³-hybridized carbons (Fsp3) is 0.500. The lowest BCUT2D eigenvalue weighted by Gasteiger charge is -2.32. The molecule has 0 bridgehead atoms. The summed E-state index contributed by atoms with van der Waals surface area (Å²) in [7, 11) is -3.40. The fourth-order valence-corrected chi connectivity index (χ4v) is 3.63. The third-order valence-corrected chi connectivity index (χ3v) is 4.79. The third-order valence-electron chi connectivity index (χ3n) is 3.13. The Morgan fingerprint density at radius 3 is 2.53 bits per heavy atom. The average Bonchev–Trinajstić information content (AvgIpc) is 2.19. The van der Waals surface area contributed by atoms with Gasteiger partial charge < -0.3 is 5.73 Å². The summed E-state index contributed by atoms with van der Waals surface area (Å²) in [6.45, 7) is 3.69. The summed E-state index contributed by atoms with van der Waals surface area (Å²) in [5.74, 6) is 0. The van der Waals surface area contributed by atoms with Crippen molar-refractivity contribution in [1.82, 2.24) is 4.72 Å². The minimum Gasteiger partial charge on any atom is -0.328 e. The molecule has 0 atom stereocenters. The monoisotopic (exact) mass is 254 g/mol. The van der Waals surface area contributed by atoms with Crippen LogP contribution in [-0.2, 0) is 10.0 Å². The molecule has 0 unspecified atom stereocenters. The van der Waals surface area contributed by atoms with Gasteiger partial charge in [0.15, 0.2) is 0 Å². The summed E-state index contributed by atoms with van der Waals surface area (Å²) in [6.07, 6.45) is 1.45. The topological polar surface area (TPSA) is 72.2 Å². The van der Waals surface area contributed by atoms with E-state index in [0.29, 0.717) is 4.90 Å². The van der Waals surface area contributed by atoms with E-state index in [1.54, 1.807) is 13.0 Å². The Balaban J connectivity index is 2.22. The Morgan fingerprint density at radius 2 is 1.94 bits per heavy atom. The first kappa shape index (κ1) is 12.5. The summed E-state index contributed by atoms with van der Waals surface area (Å²) < 4.78 is 27.0. The van der Waals surface area contributed by atoms with Crippen LogP contribution in [0.3, 0.4) is 0 Å². The van der Waals surface area contributed by atoms with Gasteiger partial charge in [0.1, 0.15) is 0 Å². The van der Waals surface area contributed by atoms with Gasteiger partial charge in [-0.1, -0.05) is 12.1 Å². The van der Waals surface area contributed by atoms with E-state index < -0.39 is 10.0 Å². The molecule has 17 heavy (non-hydrogen) atoms. The first-order valence-corrected chi connectivity index (χ1v) is 7.22. The number of sulfonamides is 1. The number of aryl methyl sites for hydroxylation is 2. The van der Waals surface area contributed by atoms with Crippen LogP contribution in [0.25, 0.3) is 0 Å². The molecule has 0 heterocycles. The van der Waals surface area contributed by atoms with E-state index in [1.165, 1.54) is 0 Å². The Labute approximate surface area is 102 Å². The van der Waals surface area contributed by atoms with Crippen LogP contribution in [0.5, 0.6) is 0 Å². The molecule has 1 aromatic rings. The molecule has 1 fully saturated rings. The summed E-state index contributed by atoms with van der Waals surface area (Å²) >= 11 is 0. The molecule has 5 heteroatoms. The van der Waals surface area contributed by atoms with E-state index in [-0.39, 0.29) is 12.1 Å². The first-order chi connectivity index (χ1) is 7.88. The Bertz CT molecular complexity index is 519. The number of benzene rings is 1. The van der Waals surface area contributed by atoms with Crippen molar-refractivity contribution in [3.63, 3.8) is 0 Å². The van der Waals surface area contributed by atoms with E-state index in [9.17, 15) is 8.42 Å². The molecule has 1 aliphatic rings. The van der Waals surface area contributed by atoms with Crippen molar-refractivity contribution < 1.29 is 8.42 Å². The minimum absolute atomic E-state index is 0.00471. The van der Waals surface area contributed by atoms with Gasteiger partial charge >= 0.3 is 0 Å². The van der Waals surface area contributed by atoms with Crippen LogP contribution >= 0.6 is 0 Å². The number of hydrogen-bond donors (Lipinski definition) is 2. The lowest BCUT2D eigenvalue weighted by molar-refractivity contribution is 0.327. The molecule has 0 amide bonds. The zero-order valence-corrected chi connectivity index (χ0v) is 10.9. The standard InChI is InChI=1S/C12H18N2O2S/c1-8-3-4-9(2)12(5-8)17(15,16)14-11-6-10(13)7-11/h3-5,10-11,14H,6-7,13H2,1-2H3. The maximum atomic E-state index is 12.2. The van der Waals surface area contributed by atoms with Crippen LogP contribution in [0, 0.1) is 13.8 Å². The Hall–Kier alpha value is -0.910. The molecule has 1 saturated carbocycles. The minimum atomic E-state index is -3.40. The van der Waals surface area contributed by atoms with E-state index in [4.69, 9.17) is 5.73 Å². The van der Waals surface area contributed by atoms with Crippen molar-refractivity contribution in [2.75, 3.05) is 0 Å². The van der Waals surface area contributed by atoms with E-state index in [0.717, 1.165) is 24.0 Å². The average molecular weight is 254 g/mol. The highest BCUT2D eigenvalue weighted by atomic mass is 32.2. The number of rotatable bonds is 3. The predicted octanol–water partition coefficient (Wildman–Crippen LogP) is 1.07. The summed E-state index contributed by atoms with van der Waals surface area (Å²) in [6, 6.07) is 5.58. The molecular weight excluding hydrogens is 236 g/mol. The van der Waals surface area contributed by atoms with Gasteiger partial charge in [0.2, 0.25) is 10.0 Å². The van der Waals surface area contributed by atoms with Gasteiger partial charge in [0.25, 0.3) is 0 Å². The van der Waals surface area contributed by atoms with Gasteiger partial charge in [-0.15, -0.1) is 0 Å². The van der Waals surface area contributed by atoms with Gasteiger partial charge in [0, 0.05) is 12.1 Å². The highest BCUT2D eigenvalue weighted by Gasteiger charge is 2.30. The van der Waals surface area contributed by atoms with E-state index >= 15 is 0 Å². The van der Waals surface area contributed by atoms with Crippen molar-refractivity contribution in [1.29, 1.82) is 0 Å². The summed E-state index contributed by atoms with van der Waals surface area (Å²) in [4.78, 5) is 0.373. The van der Waals surface area contributed by atoms with Crippen molar-refractivity contribution in [3.8, 4) is 0 Å². The maximum Gasteiger partial charge on any atom is 0.241 e. The number of nitrogens with one attached hydrogen (secondary N) is 1. The molecule has 4 nitrogen and oxygen atoms in total. The molecule has 0 radical (unpaired) electrons. The van der Waals surface area contributed by atoms with Crippen LogP contribution in [0.15, 0.2) is 23.1 Å². The van der Waals surface area contributed by atoms with E-state index in [2.05, 4.69) is 4.72 Å². The largest absolute Gasteiger partial charge is 0.328 e. The molecule has 0 spiro atoms. The lowest BCUT2D eigenvalue weighted by atomic mass is 9.89. The smallest absolute Gasteiger partial charge is 0.241 e. The highest BCUT2D eigenvalue weighted by molar-refractivity contribution is 7.89. The second kappa shape index (κ2) is 4.40. The van der Waals surface area contributed by atoms with Crippen LogP contribution in [0.1, 0.15) is 24.0 Å². The SMILES string of the molecule is Cc1ccc(C)c(S(=O)(=O)NC2CC(N)C2)c1. The summed E-state index contributed by atoms with van der Waals surface area (Å²) in [5, 5.41) is 0. The Morgan fingerprint density at radius 1 is 1.29 bits per heavy atom. The van der Waals surface area contributed by atoms with Crippen LogP contribution in [-0.4, -0.2) is 20.5 Å². The van der Waals surface area contributed by atoms with Crippen molar-refractivity contribution >= 4 is 10.0 Å². The maximum absolute atomic E-state index is 12.2. The molecule has 1 aliphatic carbocycles. The van der Waals surface area contributed by atoms with Crippen LogP contribution in [0.4, 0.5) is 0 Å². The normalized spacial score (nSPS) is 24.4. The van der Waals surface area contributed by atoms with Crippen molar-refractivity contribution in [2.24, 2.45) is 5.73 Å². The lowest BCUT2D eigenvalue weighted by Crippen LogP contribution is -2.50. The predicted molar refractivity (Wildman–Crippen MR) is 67.2 cm³/mol. The third kappa shape index (κ3) is 2.68. The zero-order valence-electron chi connectivity index (χ0n) is 10.1. The Kier molecular flexibility index (Phi) is 3.25. The van der Waals surface area contributed by atoms with Gasteiger partial charge in [-0.05, 0) is 43.9 Å². The number of hydrogen-bond acceptors (Lipinski definition) is 3.